The summed E-state index contributed by atoms with van der Waals surface area (Å²) >= 11 is 0. The lowest BCUT2D eigenvalue weighted by molar-refractivity contribution is -0.106. The number of nitrogens with one attached hydrogen (secondary N) is 1. The Bertz CT molecular complexity index is 1200. The average Bonchev–Trinajstić information content (AvgIpc) is 2.83. The normalized spacial score (nSPS) is 22.1. The number of hydrogen-bond donors (Lipinski definition) is 1. The van der Waals surface area contributed by atoms with Gasteiger partial charge in [-0.3, -0.25) is 19.4 Å². The minimum Gasteiger partial charge on any atom is -0.491 e. The van der Waals surface area contributed by atoms with Gasteiger partial charge in [0.2, 0.25) is 10.0 Å². The number of halogens is 3. The van der Waals surface area contributed by atoms with Crippen LogP contribution in [0.1, 0.15) is 29.8 Å². The Morgan fingerprint density at radius 1 is 1.21 bits per heavy atom. The van der Waals surface area contributed by atoms with Crippen molar-refractivity contribution in [1.82, 2.24) is 14.8 Å². The smallest absolute Gasteiger partial charge is 0.404 e. The fraction of sp³-hybridized carbons (Fsp3) is 0.520. The Balaban J connectivity index is 1.94. The van der Waals surface area contributed by atoms with E-state index >= 15 is 0 Å². The molecule has 1 amide bonds. The molecule has 9 nitrogen and oxygen atoms in total. The number of carbonyl (C=O) groups excluding carboxylic acids is 1. The van der Waals surface area contributed by atoms with Crippen LogP contribution in [0.25, 0.3) is 0 Å². The second kappa shape index (κ2) is 12.3. The van der Waals surface area contributed by atoms with Gasteiger partial charge in [0.05, 0.1) is 11.7 Å². The molecule has 0 saturated heterocycles. The number of likely N-dealkylation sites (N-methyl/N-ethyl adjacent to an activating group) is 1. The predicted molar refractivity (Wildman–Crippen MR) is 136 cm³/mol. The van der Waals surface area contributed by atoms with Gasteiger partial charge in [0, 0.05) is 57.9 Å². The van der Waals surface area contributed by atoms with Crippen LogP contribution >= 0.6 is 0 Å². The fourth-order valence-electron chi connectivity index (χ4n) is 4.29. The molecule has 38 heavy (non-hydrogen) atoms. The largest absolute Gasteiger partial charge is 0.491 e. The quantitative estimate of drug-likeness (QED) is 0.580. The van der Waals surface area contributed by atoms with Crippen LogP contribution in [0, 0.1) is 5.92 Å². The zero-order valence-corrected chi connectivity index (χ0v) is 22.6. The van der Waals surface area contributed by atoms with Gasteiger partial charge in [-0.1, -0.05) is 13.0 Å². The molecule has 1 aromatic heterocycles. The first kappa shape index (κ1) is 29.7. The topological polar surface area (TPSA) is 101 Å². The molecule has 1 N–H and O–H groups in total. The molecule has 0 saturated carbocycles. The summed E-state index contributed by atoms with van der Waals surface area (Å²) in [7, 11) is -1.58. The van der Waals surface area contributed by atoms with Crippen molar-refractivity contribution in [2.75, 3.05) is 44.3 Å². The molecular weight excluding hydrogens is 525 g/mol. The summed E-state index contributed by atoms with van der Waals surface area (Å²) in [5.74, 6) is -2.31. The van der Waals surface area contributed by atoms with Crippen molar-refractivity contribution in [2.24, 2.45) is 5.92 Å². The molecule has 3 atom stereocenters. The van der Waals surface area contributed by atoms with Gasteiger partial charge in [0.25, 0.3) is 5.91 Å². The minimum atomic E-state index is -4.91. The number of hydrogen-bond acceptors (Lipinski definition) is 7. The number of rotatable bonds is 6. The van der Waals surface area contributed by atoms with E-state index in [0.717, 1.165) is 5.56 Å². The van der Waals surface area contributed by atoms with E-state index in [1.165, 1.54) is 23.1 Å². The van der Waals surface area contributed by atoms with Crippen LogP contribution in [-0.4, -0.2) is 87.0 Å². The number of nitrogens with zero attached hydrogens (tertiary/aromatic N) is 3. The van der Waals surface area contributed by atoms with Gasteiger partial charge < -0.3 is 14.4 Å². The SMILES string of the molecule is CO[C@@H]1CN(C)C(=O)c2cc(NS(=O)(=O)CC(F)(F)F)ccc2OC[C@H](C)N(Cc2cccnc2)C[C@@H]1C. The van der Waals surface area contributed by atoms with E-state index in [0.29, 0.717) is 13.1 Å². The Morgan fingerprint density at radius 3 is 2.58 bits per heavy atom. The number of sulfonamides is 1. The van der Waals surface area contributed by atoms with Crippen LogP contribution in [-0.2, 0) is 21.3 Å². The monoisotopic (exact) mass is 558 g/mol. The Labute approximate surface area is 221 Å². The maximum atomic E-state index is 13.4. The molecular formula is C25H33F3N4O5S. The number of ether oxygens (including phenoxy) is 2. The number of fused-ring (bicyclic) bond motifs is 1. The van der Waals surface area contributed by atoms with Crippen molar-refractivity contribution < 1.29 is 35.9 Å². The van der Waals surface area contributed by atoms with E-state index in [2.05, 4.69) is 9.88 Å². The lowest BCUT2D eigenvalue weighted by Gasteiger charge is -2.36. The van der Waals surface area contributed by atoms with Crippen molar-refractivity contribution in [3.8, 4) is 5.75 Å². The molecule has 1 aliphatic rings. The van der Waals surface area contributed by atoms with E-state index in [9.17, 15) is 26.4 Å². The third kappa shape index (κ3) is 8.30. The highest BCUT2D eigenvalue weighted by Gasteiger charge is 2.35. The van der Waals surface area contributed by atoms with Gasteiger partial charge in [-0.2, -0.15) is 13.2 Å². The van der Waals surface area contributed by atoms with Gasteiger partial charge >= 0.3 is 6.18 Å². The molecule has 13 heteroatoms. The number of anilines is 1. The number of alkyl halides is 3. The molecule has 2 aromatic rings. The first-order chi connectivity index (χ1) is 17.8. The van der Waals surface area contributed by atoms with E-state index in [1.807, 2.05) is 30.7 Å². The maximum Gasteiger partial charge on any atom is 0.404 e. The molecule has 0 bridgehead atoms. The maximum absolute atomic E-state index is 13.4. The molecule has 2 heterocycles. The van der Waals surface area contributed by atoms with Gasteiger partial charge in [-0.25, -0.2) is 8.42 Å². The van der Waals surface area contributed by atoms with E-state index in [1.54, 1.807) is 26.6 Å². The van der Waals surface area contributed by atoms with Gasteiger partial charge in [-0.05, 0) is 42.7 Å². The molecule has 210 valence electrons. The summed E-state index contributed by atoms with van der Waals surface area (Å²) in [4.78, 5) is 21.2. The zero-order valence-electron chi connectivity index (χ0n) is 21.7. The molecule has 0 radical (unpaired) electrons. The van der Waals surface area contributed by atoms with E-state index in [4.69, 9.17) is 9.47 Å². The van der Waals surface area contributed by atoms with Crippen molar-refractivity contribution in [1.29, 1.82) is 0 Å². The number of benzene rings is 1. The van der Waals surface area contributed by atoms with Gasteiger partial charge in [0.1, 0.15) is 12.4 Å². The summed E-state index contributed by atoms with van der Waals surface area (Å²) in [6.07, 6.45) is -1.72. The highest BCUT2D eigenvalue weighted by atomic mass is 32.2. The molecule has 0 unspecified atom stereocenters. The second-order valence-corrected chi connectivity index (χ2v) is 11.3. The third-order valence-electron chi connectivity index (χ3n) is 6.31. The number of amides is 1. The number of methoxy groups -OCH3 is 1. The number of carbonyl (C=O) groups is 1. The Hall–Kier alpha value is -2.90. The average molecular weight is 559 g/mol. The lowest BCUT2D eigenvalue weighted by Crippen LogP contribution is -2.46. The highest BCUT2D eigenvalue weighted by Crippen LogP contribution is 2.28. The van der Waals surface area contributed by atoms with Crippen LogP contribution < -0.4 is 9.46 Å². The molecule has 0 spiro atoms. The Morgan fingerprint density at radius 2 is 1.95 bits per heavy atom. The summed E-state index contributed by atoms with van der Waals surface area (Å²) < 4.78 is 75.7. The lowest BCUT2D eigenvalue weighted by atomic mass is 10.0. The van der Waals surface area contributed by atoms with Crippen molar-refractivity contribution in [3.63, 3.8) is 0 Å². The van der Waals surface area contributed by atoms with Crippen molar-refractivity contribution in [3.05, 3.63) is 53.9 Å². The van der Waals surface area contributed by atoms with Gasteiger partial charge in [0.15, 0.2) is 5.75 Å². The molecule has 0 fully saturated rings. The van der Waals surface area contributed by atoms with E-state index in [-0.39, 0.29) is 48.2 Å². The van der Waals surface area contributed by atoms with Crippen LogP contribution in [0.15, 0.2) is 42.7 Å². The van der Waals surface area contributed by atoms with Crippen LogP contribution in [0.2, 0.25) is 0 Å². The summed E-state index contributed by atoms with van der Waals surface area (Å²) in [6.45, 7) is 5.73. The van der Waals surface area contributed by atoms with Crippen molar-refractivity contribution >= 4 is 21.6 Å². The minimum absolute atomic E-state index is 0.0220. The van der Waals surface area contributed by atoms with Crippen LogP contribution in [0.4, 0.5) is 18.9 Å². The molecule has 3 rings (SSSR count). The van der Waals surface area contributed by atoms with Crippen LogP contribution in [0.5, 0.6) is 5.75 Å². The summed E-state index contributed by atoms with van der Waals surface area (Å²) in [6, 6.07) is 7.60. The third-order valence-corrected chi connectivity index (χ3v) is 7.56. The van der Waals surface area contributed by atoms with Crippen LogP contribution in [0.3, 0.4) is 0 Å². The summed E-state index contributed by atoms with van der Waals surface area (Å²) in [5.41, 5.74) is 0.873. The molecule has 0 aliphatic carbocycles. The number of aromatic nitrogens is 1. The van der Waals surface area contributed by atoms with Crippen molar-refractivity contribution in [2.45, 2.75) is 38.7 Å². The zero-order chi connectivity index (χ0) is 28.1. The van der Waals surface area contributed by atoms with E-state index < -0.39 is 27.9 Å². The first-order valence-electron chi connectivity index (χ1n) is 12.0. The summed E-state index contributed by atoms with van der Waals surface area (Å²) in [5, 5.41) is 0. The van der Waals surface area contributed by atoms with Gasteiger partial charge in [-0.15, -0.1) is 0 Å². The predicted octanol–water partition coefficient (Wildman–Crippen LogP) is 3.39. The standard InChI is InChI=1S/C25H33F3N4O5S/c1-17-12-32(13-19-6-5-9-29-11-19)18(2)15-37-22-8-7-20(30-38(34,35)16-25(26,27)28)10-21(22)24(33)31(3)14-23(17)36-4/h5-11,17-18,23,30H,12-16H2,1-4H3/t17-,18-,23+/m0/s1. The second-order valence-electron chi connectivity index (χ2n) is 9.58. The molecule has 1 aliphatic heterocycles. The number of pyridine rings is 1. The Kier molecular flexibility index (Phi) is 9.60. The highest BCUT2D eigenvalue weighted by molar-refractivity contribution is 7.92. The fourth-order valence-corrected chi connectivity index (χ4v) is 5.28. The molecule has 1 aromatic carbocycles. The first-order valence-corrected chi connectivity index (χ1v) is 13.7.